The van der Waals surface area contributed by atoms with Gasteiger partial charge in [-0.15, -0.1) is 0 Å². The third-order valence-corrected chi connectivity index (χ3v) is 2.95. The van der Waals surface area contributed by atoms with Crippen LogP contribution >= 0.6 is 0 Å². The Kier molecular flexibility index (Phi) is 8.99. The number of nitrogens with two attached hydrogens (primary N) is 1. The van der Waals surface area contributed by atoms with Gasteiger partial charge in [0.1, 0.15) is 0 Å². The van der Waals surface area contributed by atoms with Gasteiger partial charge >= 0.3 is 0 Å². The molecule has 0 aromatic heterocycles. The lowest BCUT2D eigenvalue weighted by atomic mass is 10.2. The molecule has 24 heavy (non-hydrogen) atoms. The largest absolute Gasteiger partial charge is 0.493 e. The number of primary amides is 1. The van der Waals surface area contributed by atoms with Crippen LogP contribution in [0.3, 0.4) is 0 Å². The lowest BCUT2D eigenvalue weighted by molar-refractivity contribution is -0.120. The van der Waals surface area contributed by atoms with Crippen LogP contribution in [0.15, 0.2) is 24.3 Å². The molecule has 0 radical (unpaired) electrons. The molecule has 0 fully saturated rings. The SMILES string of the molecule is CCOCCCNC(=O)/C=C/c1ccc(OCC(N)=O)c(OC)c1. The normalized spacial score (nSPS) is 10.6. The summed E-state index contributed by atoms with van der Waals surface area (Å²) in [5, 5.41) is 2.77. The van der Waals surface area contributed by atoms with E-state index in [1.165, 1.54) is 13.2 Å². The molecule has 0 aliphatic carbocycles. The number of benzene rings is 1. The predicted octanol–water partition coefficient (Wildman–Crippen LogP) is 1.12. The molecular formula is C17H24N2O5. The minimum Gasteiger partial charge on any atom is -0.493 e. The van der Waals surface area contributed by atoms with E-state index in [-0.39, 0.29) is 12.5 Å². The number of carbonyl (C=O) groups excluding carboxylic acids is 2. The van der Waals surface area contributed by atoms with Gasteiger partial charge in [0.25, 0.3) is 5.91 Å². The molecule has 0 heterocycles. The third kappa shape index (κ3) is 7.64. The number of rotatable bonds is 11. The highest BCUT2D eigenvalue weighted by molar-refractivity contribution is 5.91. The van der Waals surface area contributed by atoms with E-state index in [4.69, 9.17) is 19.9 Å². The molecule has 0 aliphatic heterocycles. The Labute approximate surface area is 141 Å². The van der Waals surface area contributed by atoms with Crippen molar-refractivity contribution >= 4 is 17.9 Å². The summed E-state index contributed by atoms with van der Waals surface area (Å²) < 4.78 is 15.6. The van der Waals surface area contributed by atoms with E-state index < -0.39 is 5.91 Å². The predicted molar refractivity (Wildman–Crippen MR) is 90.8 cm³/mol. The van der Waals surface area contributed by atoms with Gasteiger partial charge in [0.05, 0.1) is 7.11 Å². The molecule has 1 rings (SSSR count). The summed E-state index contributed by atoms with van der Waals surface area (Å²) in [5.41, 5.74) is 5.81. The first-order chi connectivity index (χ1) is 11.6. The number of ether oxygens (including phenoxy) is 3. The molecule has 0 bridgehead atoms. The highest BCUT2D eigenvalue weighted by Gasteiger charge is 2.06. The number of amides is 2. The van der Waals surface area contributed by atoms with Crippen LogP contribution in [0.5, 0.6) is 11.5 Å². The molecule has 3 N–H and O–H groups in total. The number of methoxy groups -OCH3 is 1. The molecule has 0 atom stereocenters. The van der Waals surface area contributed by atoms with E-state index in [2.05, 4.69) is 5.32 Å². The molecule has 7 nitrogen and oxygen atoms in total. The molecule has 1 aromatic carbocycles. The van der Waals surface area contributed by atoms with Crippen LogP contribution in [0.1, 0.15) is 18.9 Å². The van der Waals surface area contributed by atoms with Gasteiger partial charge in [-0.1, -0.05) is 6.07 Å². The number of carbonyl (C=O) groups is 2. The number of hydrogen-bond acceptors (Lipinski definition) is 5. The zero-order valence-corrected chi connectivity index (χ0v) is 14.0. The van der Waals surface area contributed by atoms with Crippen LogP contribution in [0, 0.1) is 0 Å². The second-order valence-corrected chi connectivity index (χ2v) is 4.84. The highest BCUT2D eigenvalue weighted by atomic mass is 16.5. The zero-order chi connectivity index (χ0) is 17.8. The van der Waals surface area contributed by atoms with Gasteiger partial charge in [-0.2, -0.15) is 0 Å². The molecule has 0 saturated carbocycles. The lowest BCUT2D eigenvalue weighted by Crippen LogP contribution is -2.23. The Bertz CT molecular complexity index is 572. The van der Waals surface area contributed by atoms with Gasteiger partial charge in [-0.25, -0.2) is 0 Å². The second-order valence-electron chi connectivity index (χ2n) is 4.84. The minimum atomic E-state index is -0.568. The van der Waals surface area contributed by atoms with Gasteiger partial charge in [-0.3, -0.25) is 9.59 Å². The summed E-state index contributed by atoms with van der Waals surface area (Å²) in [7, 11) is 1.49. The Morgan fingerprint density at radius 1 is 1.29 bits per heavy atom. The van der Waals surface area contributed by atoms with E-state index >= 15 is 0 Å². The van der Waals surface area contributed by atoms with Crippen molar-refractivity contribution in [3.8, 4) is 11.5 Å². The molecule has 0 unspecified atom stereocenters. The first-order valence-electron chi connectivity index (χ1n) is 7.69. The average Bonchev–Trinajstić information content (AvgIpc) is 2.58. The van der Waals surface area contributed by atoms with Gasteiger partial charge in [0, 0.05) is 25.8 Å². The molecule has 0 saturated heterocycles. The summed E-state index contributed by atoms with van der Waals surface area (Å²) in [6.07, 6.45) is 3.88. The number of hydrogen-bond donors (Lipinski definition) is 2. The van der Waals surface area contributed by atoms with Crippen molar-refractivity contribution in [1.82, 2.24) is 5.32 Å². The van der Waals surface area contributed by atoms with Crippen molar-refractivity contribution < 1.29 is 23.8 Å². The maximum Gasteiger partial charge on any atom is 0.255 e. The third-order valence-electron chi connectivity index (χ3n) is 2.95. The fraction of sp³-hybridized carbons (Fsp3) is 0.412. The summed E-state index contributed by atoms with van der Waals surface area (Å²) in [6.45, 7) is 3.57. The van der Waals surface area contributed by atoms with E-state index in [0.717, 1.165) is 12.0 Å². The molecule has 132 valence electrons. The monoisotopic (exact) mass is 336 g/mol. The highest BCUT2D eigenvalue weighted by Crippen LogP contribution is 2.28. The van der Waals surface area contributed by atoms with Crippen LogP contribution in [-0.4, -0.2) is 45.3 Å². The topological polar surface area (TPSA) is 99.9 Å². The van der Waals surface area contributed by atoms with Crippen molar-refractivity contribution in [2.45, 2.75) is 13.3 Å². The van der Waals surface area contributed by atoms with Gasteiger partial charge in [0.2, 0.25) is 5.91 Å². The summed E-state index contributed by atoms with van der Waals surface area (Å²) in [6, 6.07) is 5.11. The maximum atomic E-state index is 11.7. The fourth-order valence-corrected chi connectivity index (χ4v) is 1.82. The molecular weight excluding hydrogens is 312 g/mol. The van der Waals surface area contributed by atoms with Crippen LogP contribution in [0.25, 0.3) is 6.08 Å². The Hall–Kier alpha value is -2.54. The van der Waals surface area contributed by atoms with Crippen LogP contribution in [-0.2, 0) is 14.3 Å². The van der Waals surface area contributed by atoms with Gasteiger partial charge < -0.3 is 25.3 Å². The fourth-order valence-electron chi connectivity index (χ4n) is 1.82. The van der Waals surface area contributed by atoms with Crippen LogP contribution in [0.2, 0.25) is 0 Å². The number of nitrogens with one attached hydrogen (secondary N) is 1. The van der Waals surface area contributed by atoms with Crippen molar-refractivity contribution in [2.75, 3.05) is 33.5 Å². The molecule has 1 aromatic rings. The van der Waals surface area contributed by atoms with Gasteiger partial charge in [-0.05, 0) is 37.1 Å². The van der Waals surface area contributed by atoms with Crippen molar-refractivity contribution in [1.29, 1.82) is 0 Å². The second kappa shape index (κ2) is 11.1. The van der Waals surface area contributed by atoms with E-state index in [9.17, 15) is 9.59 Å². The first kappa shape index (κ1) is 19.5. The molecule has 2 amide bonds. The minimum absolute atomic E-state index is 0.181. The molecule has 0 aliphatic rings. The van der Waals surface area contributed by atoms with E-state index in [0.29, 0.717) is 31.3 Å². The van der Waals surface area contributed by atoms with Crippen molar-refractivity contribution in [3.63, 3.8) is 0 Å². The summed E-state index contributed by atoms with van der Waals surface area (Å²) in [4.78, 5) is 22.5. The lowest BCUT2D eigenvalue weighted by Gasteiger charge is -2.10. The Balaban J connectivity index is 2.54. The smallest absolute Gasteiger partial charge is 0.255 e. The molecule has 7 heteroatoms. The van der Waals surface area contributed by atoms with E-state index in [1.807, 2.05) is 6.92 Å². The quantitative estimate of drug-likeness (QED) is 0.466. The summed E-state index contributed by atoms with van der Waals surface area (Å²) in [5.74, 6) is 0.117. The van der Waals surface area contributed by atoms with Crippen molar-refractivity contribution in [3.05, 3.63) is 29.8 Å². The van der Waals surface area contributed by atoms with Gasteiger partial charge in [0.15, 0.2) is 18.1 Å². The standard InChI is InChI=1S/C17H24N2O5/c1-3-23-10-4-9-19-17(21)8-6-13-5-7-14(15(11-13)22-2)24-12-16(18)20/h5-8,11H,3-4,9-10,12H2,1-2H3,(H2,18,20)(H,19,21)/b8-6+. The Morgan fingerprint density at radius 3 is 2.75 bits per heavy atom. The maximum absolute atomic E-state index is 11.7. The summed E-state index contributed by atoms with van der Waals surface area (Å²) >= 11 is 0. The first-order valence-corrected chi connectivity index (χ1v) is 7.69. The van der Waals surface area contributed by atoms with Crippen LogP contribution < -0.4 is 20.5 Å². The Morgan fingerprint density at radius 2 is 2.08 bits per heavy atom. The van der Waals surface area contributed by atoms with Crippen LogP contribution in [0.4, 0.5) is 0 Å². The average molecular weight is 336 g/mol. The van der Waals surface area contributed by atoms with E-state index in [1.54, 1.807) is 24.3 Å². The van der Waals surface area contributed by atoms with Crippen molar-refractivity contribution in [2.24, 2.45) is 5.73 Å². The zero-order valence-electron chi connectivity index (χ0n) is 14.0. The molecule has 0 spiro atoms.